The normalized spacial score (nSPS) is 12.9. The van der Waals surface area contributed by atoms with Crippen molar-refractivity contribution in [1.29, 1.82) is 5.41 Å². The number of benzene rings is 1. The van der Waals surface area contributed by atoms with Crippen LogP contribution in [0.4, 0.5) is 5.69 Å². The lowest BCUT2D eigenvalue weighted by molar-refractivity contribution is 0.420. The highest BCUT2D eigenvalue weighted by atomic mass is 35.5. The summed E-state index contributed by atoms with van der Waals surface area (Å²) >= 11 is 5.89. The van der Waals surface area contributed by atoms with E-state index in [1.165, 1.54) is 30.8 Å². The minimum absolute atomic E-state index is 0.0318. The molecule has 0 aliphatic carbocycles. The van der Waals surface area contributed by atoms with Gasteiger partial charge >= 0.3 is 0 Å². The highest BCUT2D eigenvalue weighted by Crippen LogP contribution is 2.34. The summed E-state index contributed by atoms with van der Waals surface area (Å²) in [6, 6.07) is 5.83. The molecular formula is C24H23ClN6O5S. The van der Waals surface area contributed by atoms with Gasteiger partial charge in [0.2, 0.25) is 5.43 Å². The molecule has 0 saturated carbocycles. The second-order valence-corrected chi connectivity index (χ2v) is 10.1. The summed E-state index contributed by atoms with van der Waals surface area (Å²) in [5.74, 6) is 0.140. The van der Waals surface area contributed by atoms with Crippen LogP contribution in [0.3, 0.4) is 0 Å². The topological polar surface area (TPSA) is 177 Å². The Bertz CT molecular complexity index is 1700. The van der Waals surface area contributed by atoms with Gasteiger partial charge in [0.05, 0.1) is 34.4 Å². The van der Waals surface area contributed by atoms with Gasteiger partial charge in [0, 0.05) is 30.6 Å². The van der Waals surface area contributed by atoms with E-state index < -0.39 is 21.1 Å². The van der Waals surface area contributed by atoms with E-state index >= 15 is 0 Å². The van der Waals surface area contributed by atoms with Gasteiger partial charge in [-0.1, -0.05) is 22.8 Å². The fourth-order valence-electron chi connectivity index (χ4n) is 3.97. The largest absolute Gasteiger partial charge is 0.455 e. The van der Waals surface area contributed by atoms with Crippen LogP contribution in [0.5, 0.6) is 0 Å². The first-order valence-corrected chi connectivity index (χ1v) is 12.8. The van der Waals surface area contributed by atoms with Crippen LogP contribution in [0.15, 0.2) is 61.7 Å². The summed E-state index contributed by atoms with van der Waals surface area (Å²) in [6.07, 6.45) is 5.31. The minimum Gasteiger partial charge on any atom is -0.455 e. The van der Waals surface area contributed by atoms with Crippen LogP contribution >= 0.6 is 11.6 Å². The van der Waals surface area contributed by atoms with Crippen LogP contribution in [0.25, 0.3) is 27.7 Å². The van der Waals surface area contributed by atoms with E-state index in [2.05, 4.69) is 20.8 Å². The Morgan fingerprint density at radius 1 is 1.30 bits per heavy atom. The smallest absolute Gasteiger partial charge is 0.257 e. The van der Waals surface area contributed by atoms with Gasteiger partial charge < -0.3 is 25.0 Å². The lowest BCUT2D eigenvalue weighted by Gasteiger charge is -2.20. The van der Waals surface area contributed by atoms with Gasteiger partial charge in [-0.15, -0.1) is 0 Å². The van der Waals surface area contributed by atoms with Crippen molar-refractivity contribution < 1.29 is 17.4 Å². The van der Waals surface area contributed by atoms with Crippen LogP contribution in [0.2, 0.25) is 5.15 Å². The molecule has 4 aromatic rings. The molecule has 1 aromatic carbocycles. The second kappa shape index (κ2) is 10.2. The van der Waals surface area contributed by atoms with E-state index in [0.29, 0.717) is 22.1 Å². The molecule has 0 aliphatic rings. The Hall–Kier alpha value is -4.00. The van der Waals surface area contributed by atoms with Gasteiger partial charge in [-0.05, 0) is 37.6 Å². The zero-order valence-electron chi connectivity index (χ0n) is 20.0. The lowest BCUT2D eigenvalue weighted by atomic mass is 9.97. The van der Waals surface area contributed by atoms with E-state index in [0.717, 1.165) is 11.8 Å². The third-order valence-electron chi connectivity index (χ3n) is 5.54. The van der Waals surface area contributed by atoms with E-state index in [1.807, 2.05) is 13.0 Å². The minimum atomic E-state index is -4.19. The Labute approximate surface area is 216 Å². The summed E-state index contributed by atoms with van der Waals surface area (Å²) in [4.78, 5) is 17.6. The molecule has 37 heavy (non-hydrogen) atoms. The molecule has 3 aromatic heterocycles. The monoisotopic (exact) mass is 542 g/mol. The molecule has 13 heteroatoms. The zero-order chi connectivity index (χ0) is 26.9. The fourth-order valence-corrected chi connectivity index (χ4v) is 4.83. The fraction of sp³-hybridized carbons (Fsp3) is 0.167. The maximum Gasteiger partial charge on any atom is 0.257 e. The number of hydrogen-bond donors (Lipinski definition) is 4. The summed E-state index contributed by atoms with van der Waals surface area (Å²) in [7, 11) is -2.53. The first kappa shape index (κ1) is 26.1. The predicted molar refractivity (Wildman–Crippen MR) is 141 cm³/mol. The quantitative estimate of drug-likeness (QED) is 0.190. The van der Waals surface area contributed by atoms with Crippen LogP contribution in [0, 0.1) is 12.3 Å². The van der Waals surface area contributed by atoms with Crippen LogP contribution < -0.4 is 21.2 Å². The van der Waals surface area contributed by atoms with Crippen LogP contribution in [-0.4, -0.2) is 31.8 Å². The van der Waals surface area contributed by atoms with Crippen molar-refractivity contribution in [3.8, 4) is 11.1 Å². The summed E-state index contributed by atoms with van der Waals surface area (Å²) < 4.78 is 35.5. The van der Waals surface area contributed by atoms with E-state index in [9.17, 15) is 13.2 Å². The number of nitrogens with zero attached hydrogens (tertiary/aromatic N) is 2. The molecule has 4 rings (SSSR count). The number of nitrogens with one attached hydrogen (secondary N) is 3. The highest BCUT2D eigenvalue weighted by Gasteiger charge is 2.24. The van der Waals surface area contributed by atoms with Gasteiger partial charge in [0.25, 0.3) is 10.0 Å². The van der Waals surface area contributed by atoms with Crippen LogP contribution in [0.1, 0.15) is 29.9 Å². The number of nitrogens with two attached hydrogens (primary N) is 1. The maximum atomic E-state index is 13.8. The number of fused-ring (bicyclic) bond motifs is 1. The molecule has 5 N–H and O–H groups in total. The number of sulfonamides is 1. The molecule has 0 radical (unpaired) electrons. The molecule has 0 saturated heterocycles. The predicted octanol–water partition coefficient (Wildman–Crippen LogP) is 3.84. The van der Waals surface area contributed by atoms with Crippen molar-refractivity contribution in [1.82, 2.24) is 15.5 Å². The Balaban J connectivity index is 1.98. The van der Waals surface area contributed by atoms with Crippen molar-refractivity contribution in [2.45, 2.75) is 24.9 Å². The molecule has 0 unspecified atom stereocenters. The standard InChI is InChI=1S/C24H23ClN6O5S/c1-12-6-16(13(2)30-18-4-5-19(25)31-24(18)37(27,33)34)23-17(7-12)21(32)20(15-10-29-35-11-15)22(36-23)14(8-26)9-28-3/h4-11,13,26,28,30H,1-3H3,(H2,27,33,34)/b14-9+,26-8?/t13-/m1/s1. The number of primary sulfonamides is 1. The Morgan fingerprint density at radius 3 is 2.68 bits per heavy atom. The highest BCUT2D eigenvalue weighted by molar-refractivity contribution is 7.89. The third-order valence-corrected chi connectivity index (χ3v) is 6.60. The molecule has 11 nitrogen and oxygen atoms in total. The molecule has 3 heterocycles. The van der Waals surface area contributed by atoms with Gasteiger partial charge in [-0.25, -0.2) is 18.5 Å². The Morgan fingerprint density at radius 2 is 2.05 bits per heavy atom. The lowest BCUT2D eigenvalue weighted by Crippen LogP contribution is -2.18. The number of hydrogen-bond acceptors (Lipinski definition) is 10. The molecule has 0 bridgehead atoms. The third kappa shape index (κ3) is 5.12. The van der Waals surface area contributed by atoms with Gasteiger partial charge in [-0.2, -0.15) is 0 Å². The summed E-state index contributed by atoms with van der Waals surface area (Å²) in [5, 5.41) is 22.7. The molecule has 0 spiro atoms. The van der Waals surface area contributed by atoms with Crippen molar-refractivity contribution >= 4 is 50.1 Å². The van der Waals surface area contributed by atoms with Crippen molar-refractivity contribution in [2.24, 2.45) is 5.14 Å². The number of anilines is 1. The SMILES string of the molecule is CN/C=C(\C=N)c1oc2c([C@@H](C)Nc3ccc(Cl)nc3S(N)(=O)=O)cc(C)cc2c(=O)c1-c1cnoc1. The van der Waals surface area contributed by atoms with Crippen molar-refractivity contribution in [2.75, 3.05) is 12.4 Å². The molecule has 0 fully saturated rings. The van der Waals surface area contributed by atoms with E-state index in [1.54, 1.807) is 20.0 Å². The summed E-state index contributed by atoms with van der Waals surface area (Å²) in [5.41, 5.74) is 2.27. The maximum absolute atomic E-state index is 13.8. The molecule has 0 amide bonds. The molecule has 1 atom stereocenters. The number of aryl methyl sites for hydroxylation is 1. The van der Waals surface area contributed by atoms with Gasteiger partial charge in [-0.3, -0.25) is 4.79 Å². The van der Waals surface area contributed by atoms with Crippen molar-refractivity contribution in [3.63, 3.8) is 0 Å². The Kier molecular flexibility index (Phi) is 7.16. The van der Waals surface area contributed by atoms with E-state index in [-0.39, 0.29) is 33.2 Å². The van der Waals surface area contributed by atoms with Gasteiger partial charge in [0.15, 0.2) is 5.03 Å². The summed E-state index contributed by atoms with van der Waals surface area (Å²) in [6.45, 7) is 3.59. The van der Waals surface area contributed by atoms with Gasteiger partial charge in [0.1, 0.15) is 22.8 Å². The zero-order valence-corrected chi connectivity index (χ0v) is 21.6. The second-order valence-electron chi connectivity index (χ2n) is 8.21. The first-order chi connectivity index (χ1) is 17.5. The van der Waals surface area contributed by atoms with E-state index in [4.69, 9.17) is 31.1 Å². The first-order valence-electron chi connectivity index (χ1n) is 10.9. The number of halogens is 1. The number of allylic oxidation sites excluding steroid dienone is 1. The number of pyridine rings is 1. The molecule has 0 aliphatic heterocycles. The molecule has 192 valence electrons. The van der Waals surface area contributed by atoms with Crippen molar-refractivity contribution in [3.05, 3.63) is 75.2 Å². The molecular weight excluding hydrogens is 520 g/mol. The number of rotatable bonds is 8. The van der Waals surface area contributed by atoms with Crippen LogP contribution in [-0.2, 0) is 10.0 Å². The average Bonchev–Trinajstić information content (AvgIpc) is 3.37. The number of aromatic nitrogens is 2. The average molecular weight is 543 g/mol.